The molecule has 3 heteroatoms. The summed E-state index contributed by atoms with van der Waals surface area (Å²) in [6.45, 7) is 6.08. The quantitative estimate of drug-likeness (QED) is 0.579. The maximum atomic E-state index is 11.8. The molecule has 0 saturated heterocycles. The minimum Gasteiger partial charge on any atom is -0.359 e. The lowest BCUT2D eigenvalue weighted by atomic mass is 9.46. The summed E-state index contributed by atoms with van der Waals surface area (Å²) in [7, 11) is 1.68. The predicted octanol–water partition coefficient (Wildman–Crippen LogP) is 4.12. The fourth-order valence-electron chi connectivity index (χ4n) is 5.81. The van der Waals surface area contributed by atoms with E-state index in [1.54, 1.807) is 7.11 Å². The molecule has 3 aliphatic carbocycles. The summed E-state index contributed by atoms with van der Waals surface area (Å²) < 4.78 is 10.8. The van der Waals surface area contributed by atoms with Crippen LogP contribution in [0.5, 0.6) is 0 Å². The van der Waals surface area contributed by atoms with Gasteiger partial charge in [0.15, 0.2) is 5.78 Å². The van der Waals surface area contributed by atoms with E-state index in [0.717, 1.165) is 25.9 Å². The van der Waals surface area contributed by atoms with E-state index >= 15 is 0 Å². The largest absolute Gasteiger partial charge is 0.359 e. The van der Waals surface area contributed by atoms with Crippen molar-refractivity contribution in [2.75, 3.05) is 20.5 Å². The van der Waals surface area contributed by atoms with Crippen LogP contribution in [-0.2, 0) is 14.3 Å². The summed E-state index contributed by atoms with van der Waals surface area (Å²) in [5.74, 6) is 1.65. The van der Waals surface area contributed by atoms with Crippen molar-refractivity contribution in [3.8, 4) is 0 Å². The Morgan fingerprint density at radius 2 is 2.05 bits per heavy atom. The maximum absolute atomic E-state index is 11.8. The highest BCUT2D eigenvalue weighted by molar-refractivity contribution is 5.91. The molecule has 124 valence electrons. The van der Waals surface area contributed by atoms with Crippen LogP contribution in [0.4, 0.5) is 0 Å². The van der Waals surface area contributed by atoms with Gasteiger partial charge in [-0.25, -0.2) is 0 Å². The van der Waals surface area contributed by atoms with Gasteiger partial charge in [0.1, 0.15) is 6.79 Å². The van der Waals surface area contributed by atoms with E-state index in [-0.39, 0.29) is 5.41 Å². The third-order valence-corrected chi connectivity index (χ3v) is 6.72. The minimum atomic E-state index is 0.249. The second-order valence-electron chi connectivity index (χ2n) is 8.14. The van der Waals surface area contributed by atoms with E-state index in [0.29, 0.717) is 29.8 Å². The molecule has 0 radical (unpaired) electrons. The standard InChI is InChI=1S/C19H30O3/c1-18(12-22-13-21-3)9-4-10-19(2)16-7-6-15(20)11-14(16)5-8-17(18)19/h11,16-17H,4-10,12-13H2,1-3H3/t16-,17-,18+,19+/m1/s1. The molecule has 0 aromatic rings. The molecule has 0 aromatic heterocycles. The number of ketones is 1. The lowest BCUT2D eigenvalue weighted by Crippen LogP contribution is -2.52. The molecule has 3 aliphatic rings. The van der Waals surface area contributed by atoms with Crippen LogP contribution >= 0.6 is 0 Å². The molecule has 0 spiro atoms. The number of hydrogen-bond donors (Lipinski definition) is 0. The Kier molecular flexibility index (Phi) is 4.48. The molecule has 0 aromatic carbocycles. The molecule has 2 saturated carbocycles. The number of allylic oxidation sites excluding steroid dienone is 2. The number of rotatable bonds is 4. The minimum absolute atomic E-state index is 0.249. The lowest BCUT2D eigenvalue weighted by molar-refractivity contribution is -0.131. The molecule has 0 heterocycles. The summed E-state index contributed by atoms with van der Waals surface area (Å²) in [5.41, 5.74) is 2.03. The highest BCUT2D eigenvalue weighted by Gasteiger charge is 2.55. The first kappa shape index (κ1) is 16.2. The van der Waals surface area contributed by atoms with Crippen molar-refractivity contribution in [1.29, 1.82) is 0 Å². The molecule has 4 atom stereocenters. The van der Waals surface area contributed by atoms with Crippen molar-refractivity contribution in [2.24, 2.45) is 22.7 Å². The molecule has 0 amide bonds. The van der Waals surface area contributed by atoms with E-state index in [1.807, 2.05) is 6.08 Å². The molecule has 3 rings (SSSR count). The van der Waals surface area contributed by atoms with Gasteiger partial charge in [-0.1, -0.05) is 25.8 Å². The first-order chi connectivity index (χ1) is 10.5. The third kappa shape index (κ3) is 2.67. The Hall–Kier alpha value is -0.670. The molecule has 3 nitrogen and oxygen atoms in total. The molecule has 0 aliphatic heterocycles. The predicted molar refractivity (Wildman–Crippen MR) is 86.4 cm³/mol. The molecule has 2 fully saturated rings. The summed E-state index contributed by atoms with van der Waals surface area (Å²) in [6, 6.07) is 0. The number of ether oxygens (including phenoxy) is 2. The normalized spacial score (nSPS) is 41.6. The Bertz CT molecular complexity index is 469. The van der Waals surface area contributed by atoms with E-state index in [4.69, 9.17) is 9.47 Å². The van der Waals surface area contributed by atoms with Crippen LogP contribution in [0.15, 0.2) is 11.6 Å². The number of carbonyl (C=O) groups excluding carboxylic acids is 1. The van der Waals surface area contributed by atoms with Crippen molar-refractivity contribution >= 4 is 5.78 Å². The van der Waals surface area contributed by atoms with Crippen LogP contribution < -0.4 is 0 Å². The maximum Gasteiger partial charge on any atom is 0.155 e. The molecule has 0 unspecified atom stereocenters. The van der Waals surface area contributed by atoms with E-state index in [9.17, 15) is 4.79 Å². The third-order valence-electron chi connectivity index (χ3n) is 6.72. The first-order valence-corrected chi connectivity index (χ1v) is 8.79. The van der Waals surface area contributed by atoms with E-state index in [2.05, 4.69) is 13.8 Å². The van der Waals surface area contributed by atoms with Crippen molar-refractivity contribution in [1.82, 2.24) is 0 Å². The van der Waals surface area contributed by atoms with Crippen LogP contribution in [0, 0.1) is 22.7 Å². The SMILES string of the molecule is COCOC[C@]1(C)CCC[C@@]2(C)[C@@H]3CCC(=O)C=C3CC[C@H]12. The Morgan fingerprint density at radius 1 is 1.23 bits per heavy atom. The summed E-state index contributed by atoms with van der Waals surface area (Å²) in [4.78, 5) is 11.8. The summed E-state index contributed by atoms with van der Waals surface area (Å²) in [5, 5.41) is 0. The second kappa shape index (κ2) is 6.09. The van der Waals surface area contributed by atoms with Crippen LogP contribution in [0.25, 0.3) is 0 Å². The Labute approximate surface area is 134 Å². The Morgan fingerprint density at radius 3 is 2.82 bits per heavy atom. The van der Waals surface area contributed by atoms with Crippen LogP contribution in [-0.4, -0.2) is 26.3 Å². The highest BCUT2D eigenvalue weighted by Crippen LogP contribution is 2.62. The van der Waals surface area contributed by atoms with Gasteiger partial charge >= 0.3 is 0 Å². The molecule has 0 bridgehead atoms. The van der Waals surface area contributed by atoms with Gasteiger partial charge in [-0.2, -0.15) is 0 Å². The van der Waals surface area contributed by atoms with Crippen molar-refractivity contribution in [3.63, 3.8) is 0 Å². The second-order valence-corrected chi connectivity index (χ2v) is 8.14. The number of fused-ring (bicyclic) bond motifs is 3. The van der Waals surface area contributed by atoms with Crippen LogP contribution in [0.1, 0.15) is 58.8 Å². The van der Waals surface area contributed by atoms with Crippen molar-refractivity contribution < 1.29 is 14.3 Å². The lowest BCUT2D eigenvalue weighted by Gasteiger charge is -2.59. The topological polar surface area (TPSA) is 35.5 Å². The monoisotopic (exact) mass is 306 g/mol. The van der Waals surface area contributed by atoms with Gasteiger partial charge in [0.2, 0.25) is 0 Å². The van der Waals surface area contributed by atoms with E-state index in [1.165, 1.54) is 31.3 Å². The average molecular weight is 306 g/mol. The Balaban J connectivity index is 1.83. The van der Waals surface area contributed by atoms with Gasteiger partial charge in [-0.15, -0.1) is 0 Å². The highest BCUT2D eigenvalue weighted by atomic mass is 16.7. The van der Waals surface area contributed by atoms with Gasteiger partial charge in [0, 0.05) is 13.5 Å². The number of methoxy groups -OCH3 is 1. The first-order valence-electron chi connectivity index (χ1n) is 8.79. The van der Waals surface area contributed by atoms with Gasteiger partial charge in [0.05, 0.1) is 6.61 Å². The van der Waals surface area contributed by atoms with Crippen LogP contribution in [0.3, 0.4) is 0 Å². The number of carbonyl (C=O) groups is 1. The molecular weight excluding hydrogens is 276 g/mol. The van der Waals surface area contributed by atoms with Crippen LogP contribution in [0.2, 0.25) is 0 Å². The van der Waals surface area contributed by atoms with Crippen molar-refractivity contribution in [2.45, 2.75) is 58.8 Å². The van der Waals surface area contributed by atoms with Gasteiger partial charge in [-0.05, 0) is 60.8 Å². The zero-order valence-corrected chi connectivity index (χ0v) is 14.3. The van der Waals surface area contributed by atoms with Gasteiger partial charge < -0.3 is 9.47 Å². The average Bonchev–Trinajstić information content (AvgIpc) is 2.47. The summed E-state index contributed by atoms with van der Waals surface area (Å²) in [6.07, 6.45) is 9.92. The molecule has 0 N–H and O–H groups in total. The smallest absolute Gasteiger partial charge is 0.155 e. The molecular formula is C19H30O3. The van der Waals surface area contributed by atoms with E-state index < -0.39 is 0 Å². The zero-order valence-electron chi connectivity index (χ0n) is 14.3. The van der Waals surface area contributed by atoms with Crippen molar-refractivity contribution in [3.05, 3.63) is 11.6 Å². The summed E-state index contributed by atoms with van der Waals surface area (Å²) >= 11 is 0. The molecule has 22 heavy (non-hydrogen) atoms. The fourth-order valence-corrected chi connectivity index (χ4v) is 5.81. The van der Waals surface area contributed by atoms with Gasteiger partial charge in [-0.3, -0.25) is 4.79 Å². The number of hydrogen-bond acceptors (Lipinski definition) is 3. The van der Waals surface area contributed by atoms with Gasteiger partial charge in [0.25, 0.3) is 0 Å². The zero-order chi connectivity index (χ0) is 15.8. The fraction of sp³-hybridized carbons (Fsp3) is 0.842.